The summed E-state index contributed by atoms with van der Waals surface area (Å²) in [7, 11) is 0. The quantitative estimate of drug-likeness (QED) is 0.696. The van der Waals surface area contributed by atoms with Gasteiger partial charge in [0.1, 0.15) is 11.7 Å². The molecule has 19 heavy (non-hydrogen) atoms. The molecule has 0 saturated carbocycles. The maximum atomic E-state index is 11.8. The molecule has 7 nitrogen and oxygen atoms in total. The third kappa shape index (κ3) is 4.06. The van der Waals surface area contributed by atoms with Crippen LogP contribution in [0, 0.1) is 0 Å². The summed E-state index contributed by atoms with van der Waals surface area (Å²) in [6.07, 6.45) is 1.23. The molecule has 0 aliphatic carbocycles. The average molecular weight is 265 g/mol. The Hall–Kier alpha value is -2.44. The third-order valence-corrected chi connectivity index (χ3v) is 2.33. The normalized spacial score (nSPS) is 11.5. The summed E-state index contributed by atoms with van der Waals surface area (Å²) in [6, 6.07) is 1.84. The topological polar surface area (TPSA) is 108 Å². The van der Waals surface area contributed by atoms with Gasteiger partial charge in [0, 0.05) is 18.3 Å². The zero-order valence-corrected chi connectivity index (χ0v) is 10.6. The van der Waals surface area contributed by atoms with E-state index in [1.807, 2.05) is 0 Å². The minimum absolute atomic E-state index is 0.142. The monoisotopic (exact) mass is 265 g/mol. The van der Waals surface area contributed by atoms with Crippen molar-refractivity contribution in [3.05, 3.63) is 29.6 Å². The number of likely N-dealkylation sites (N-methyl/N-ethyl adjacent to an activating group) is 1. The van der Waals surface area contributed by atoms with Crippen LogP contribution >= 0.6 is 0 Å². The van der Waals surface area contributed by atoms with Gasteiger partial charge in [-0.05, 0) is 26.0 Å². The number of nitrogens with zero attached hydrogens (tertiary/aromatic N) is 1. The van der Waals surface area contributed by atoms with Crippen molar-refractivity contribution in [2.75, 3.05) is 6.54 Å². The zero-order valence-electron chi connectivity index (χ0n) is 10.6. The standard InChI is InChI=1S/C12H15N3O4/c1-3-13-10(16)7(2)15-11(17)8-4-5-14-9(6-8)12(18)19/h4-7H,3H2,1-2H3,(H,13,16)(H,15,17)(H,18,19). The first-order valence-corrected chi connectivity index (χ1v) is 5.73. The van der Waals surface area contributed by atoms with Crippen LogP contribution in [-0.4, -0.2) is 40.5 Å². The molecule has 0 radical (unpaired) electrons. The van der Waals surface area contributed by atoms with Gasteiger partial charge in [-0.15, -0.1) is 0 Å². The van der Waals surface area contributed by atoms with Crippen LogP contribution in [0.4, 0.5) is 0 Å². The number of rotatable bonds is 5. The van der Waals surface area contributed by atoms with E-state index in [4.69, 9.17) is 5.11 Å². The van der Waals surface area contributed by atoms with E-state index in [0.717, 1.165) is 6.07 Å². The number of amides is 2. The van der Waals surface area contributed by atoms with Crippen LogP contribution in [-0.2, 0) is 4.79 Å². The minimum atomic E-state index is -1.22. The number of aromatic carboxylic acids is 1. The summed E-state index contributed by atoms with van der Waals surface area (Å²) < 4.78 is 0. The molecule has 2 amide bonds. The van der Waals surface area contributed by atoms with Gasteiger partial charge in [-0.3, -0.25) is 9.59 Å². The maximum absolute atomic E-state index is 11.8. The Morgan fingerprint density at radius 1 is 1.42 bits per heavy atom. The minimum Gasteiger partial charge on any atom is -0.477 e. The second-order valence-electron chi connectivity index (χ2n) is 3.82. The molecule has 1 heterocycles. The molecule has 3 N–H and O–H groups in total. The lowest BCUT2D eigenvalue weighted by atomic mass is 10.2. The van der Waals surface area contributed by atoms with E-state index in [-0.39, 0.29) is 17.2 Å². The van der Waals surface area contributed by atoms with E-state index in [9.17, 15) is 14.4 Å². The molecule has 0 aliphatic rings. The van der Waals surface area contributed by atoms with Crippen molar-refractivity contribution < 1.29 is 19.5 Å². The van der Waals surface area contributed by atoms with E-state index in [0.29, 0.717) is 6.54 Å². The van der Waals surface area contributed by atoms with Crippen molar-refractivity contribution in [1.82, 2.24) is 15.6 Å². The maximum Gasteiger partial charge on any atom is 0.354 e. The van der Waals surface area contributed by atoms with Crippen LogP contribution in [0.15, 0.2) is 18.3 Å². The smallest absolute Gasteiger partial charge is 0.354 e. The Bertz CT molecular complexity index is 502. The zero-order chi connectivity index (χ0) is 14.4. The molecule has 0 spiro atoms. The number of aromatic nitrogens is 1. The number of carboxylic acid groups (broad SMARTS) is 1. The molecule has 1 aromatic rings. The van der Waals surface area contributed by atoms with E-state index in [1.165, 1.54) is 12.3 Å². The molecule has 0 bridgehead atoms. The highest BCUT2D eigenvalue weighted by molar-refractivity contribution is 5.99. The lowest BCUT2D eigenvalue weighted by Crippen LogP contribution is -2.44. The molecule has 0 aromatic carbocycles. The molecule has 0 saturated heterocycles. The number of hydrogen-bond acceptors (Lipinski definition) is 4. The fourth-order valence-corrected chi connectivity index (χ4v) is 1.36. The van der Waals surface area contributed by atoms with Crippen molar-refractivity contribution in [2.45, 2.75) is 19.9 Å². The molecule has 102 valence electrons. The van der Waals surface area contributed by atoms with Gasteiger partial charge in [-0.2, -0.15) is 0 Å². The number of carboxylic acids is 1. The second kappa shape index (κ2) is 6.48. The Kier molecular flexibility index (Phi) is 4.99. The number of hydrogen-bond donors (Lipinski definition) is 3. The van der Waals surface area contributed by atoms with E-state index < -0.39 is 17.9 Å². The van der Waals surface area contributed by atoms with Gasteiger partial charge in [0.25, 0.3) is 5.91 Å². The Balaban J connectivity index is 2.75. The van der Waals surface area contributed by atoms with Gasteiger partial charge in [0.15, 0.2) is 0 Å². The number of carbonyl (C=O) groups is 3. The van der Waals surface area contributed by atoms with Gasteiger partial charge < -0.3 is 15.7 Å². The second-order valence-corrected chi connectivity index (χ2v) is 3.82. The summed E-state index contributed by atoms with van der Waals surface area (Å²) in [5.41, 5.74) is -0.0816. The highest BCUT2D eigenvalue weighted by Gasteiger charge is 2.17. The van der Waals surface area contributed by atoms with Crippen LogP contribution in [0.3, 0.4) is 0 Å². The van der Waals surface area contributed by atoms with Crippen LogP contribution in [0.25, 0.3) is 0 Å². The van der Waals surface area contributed by atoms with E-state index >= 15 is 0 Å². The molecule has 1 atom stereocenters. The van der Waals surface area contributed by atoms with Crippen LogP contribution < -0.4 is 10.6 Å². The summed E-state index contributed by atoms with van der Waals surface area (Å²) in [4.78, 5) is 37.6. The fourth-order valence-electron chi connectivity index (χ4n) is 1.36. The summed E-state index contributed by atoms with van der Waals surface area (Å²) in [6.45, 7) is 3.79. The van der Waals surface area contributed by atoms with Crippen LogP contribution in [0.5, 0.6) is 0 Å². The first kappa shape index (κ1) is 14.6. The molecular formula is C12H15N3O4. The molecule has 7 heteroatoms. The predicted octanol–water partition coefficient (Wildman–Crippen LogP) is 0.0342. The Morgan fingerprint density at radius 2 is 2.11 bits per heavy atom. The largest absolute Gasteiger partial charge is 0.477 e. The summed E-state index contributed by atoms with van der Waals surface area (Å²) in [5, 5.41) is 13.8. The van der Waals surface area contributed by atoms with E-state index in [2.05, 4.69) is 15.6 Å². The Labute approximate surface area is 110 Å². The number of carbonyl (C=O) groups excluding carboxylic acids is 2. The van der Waals surface area contributed by atoms with Gasteiger partial charge in [-0.1, -0.05) is 0 Å². The van der Waals surface area contributed by atoms with Crippen molar-refractivity contribution in [1.29, 1.82) is 0 Å². The highest BCUT2D eigenvalue weighted by Crippen LogP contribution is 2.02. The SMILES string of the molecule is CCNC(=O)C(C)NC(=O)c1ccnc(C(=O)O)c1. The molecule has 1 unspecified atom stereocenters. The molecule has 1 rings (SSSR count). The van der Waals surface area contributed by atoms with Crippen molar-refractivity contribution in [2.24, 2.45) is 0 Å². The lowest BCUT2D eigenvalue weighted by molar-refractivity contribution is -0.122. The third-order valence-electron chi connectivity index (χ3n) is 2.33. The highest BCUT2D eigenvalue weighted by atomic mass is 16.4. The summed E-state index contributed by atoms with van der Waals surface area (Å²) >= 11 is 0. The number of pyridine rings is 1. The first-order valence-electron chi connectivity index (χ1n) is 5.73. The number of nitrogens with one attached hydrogen (secondary N) is 2. The molecular weight excluding hydrogens is 250 g/mol. The van der Waals surface area contributed by atoms with Gasteiger partial charge in [-0.25, -0.2) is 9.78 Å². The first-order chi connectivity index (χ1) is 8.95. The summed E-state index contributed by atoms with van der Waals surface area (Å²) in [5.74, 6) is -2.04. The predicted molar refractivity (Wildman–Crippen MR) is 66.8 cm³/mol. The van der Waals surface area contributed by atoms with Crippen LogP contribution in [0.2, 0.25) is 0 Å². The van der Waals surface area contributed by atoms with Crippen LogP contribution in [0.1, 0.15) is 34.7 Å². The van der Waals surface area contributed by atoms with E-state index in [1.54, 1.807) is 13.8 Å². The van der Waals surface area contributed by atoms with Gasteiger partial charge >= 0.3 is 5.97 Å². The van der Waals surface area contributed by atoms with Crippen molar-refractivity contribution in [3.8, 4) is 0 Å². The van der Waals surface area contributed by atoms with Gasteiger partial charge in [0.2, 0.25) is 5.91 Å². The molecule has 0 aliphatic heterocycles. The van der Waals surface area contributed by atoms with Crippen molar-refractivity contribution in [3.63, 3.8) is 0 Å². The fraction of sp³-hybridized carbons (Fsp3) is 0.333. The molecule has 1 aromatic heterocycles. The molecule has 0 fully saturated rings. The van der Waals surface area contributed by atoms with Gasteiger partial charge in [0.05, 0.1) is 0 Å². The van der Waals surface area contributed by atoms with Crippen molar-refractivity contribution >= 4 is 17.8 Å². The Morgan fingerprint density at radius 3 is 2.68 bits per heavy atom. The average Bonchev–Trinajstić information content (AvgIpc) is 2.39. The lowest BCUT2D eigenvalue weighted by Gasteiger charge is -2.13.